The molecule has 0 aliphatic carbocycles. The van der Waals surface area contributed by atoms with Gasteiger partial charge in [0.15, 0.2) is 5.11 Å². The van der Waals surface area contributed by atoms with Crippen LogP contribution in [0.3, 0.4) is 0 Å². The molecule has 0 bridgehead atoms. The van der Waals surface area contributed by atoms with Crippen LogP contribution < -0.4 is 10.6 Å². The van der Waals surface area contributed by atoms with Gasteiger partial charge in [-0.25, -0.2) is 0 Å². The highest BCUT2D eigenvalue weighted by atomic mass is 35.5. The van der Waals surface area contributed by atoms with E-state index in [1.165, 1.54) is 0 Å². The first kappa shape index (κ1) is 15.5. The topological polar surface area (TPSA) is 41.1 Å². The van der Waals surface area contributed by atoms with Gasteiger partial charge in [0.05, 0.1) is 0 Å². The summed E-state index contributed by atoms with van der Waals surface area (Å²) in [6.07, 6.45) is 0. The lowest BCUT2D eigenvalue weighted by atomic mass is 10.1. The predicted molar refractivity (Wildman–Crippen MR) is 91.1 cm³/mol. The van der Waals surface area contributed by atoms with Crippen LogP contribution in [0.4, 0.5) is 5.69 Å². The van der Waals surface area contributed by atoms with Crippen molar-refractivity contribution in [2.45, 2.75) is 13.8 Å². The van der Waals surface area contributed by atoms with Crippen LogP contribution in [0.5, 0.6) is 0 Å². The molecular weight excluding hydrogens is 304 g/mol. The first-order chi connectivity index (χ1) is 9.97. The Hall–Kier alpha value is -1.91. The fourth-order valence-corrected chi connectivity index (χ4v) is 2.15. The van der Waals surface area contributed by atoms with Crippen molar-refractivity contribution in [3.8, 4) is 0 Å². The van der Waals surface area contributed by atoms with E-state index in [4.69, 9.17) is 23.8 Å². The second kappa shape index (κ2) is 6.70. The smallest absolute Gasteiger partial charge is 0.257 e. The molecule has 0 aromatic heterocycles. The highest BCUT2D eigenvalue weighted by Gasteiger charge is 2.09. The number of rotatable bonds is 2. The van der Waals surface area contributed by atoms with Crippen molar-refractivity contribution in [3.63, 3.8) is 0 Å². The largest absolute Gasteiger partial charge is 0.332 e. The highest BCUT2D eigenvalue weighted by molar-refractivity contribution is 7.80. The van der Waals surface area contributed by atoms with Crippen molar-refractivity contribution >= 4 is 40.5 Å². The molecule has 3 nitrogen and oxygen atoms in total. The standard InChI is InChI=1S/C16H15ClN2OS/c1-10-6-8-12(9-7-10)15(20)19-16(21)18-14-5-3-4-13(17)11(14)2/h3-9H,1-2H3,(H2,18,19,20,21). The third-order valence-corrected chi connectivity index (χ3v) is 3.67. The summed E-state index contributed by atoms with van der Waals surface area (Å²) in [5.41, 5.74) is 3.32. The third-order valence-electron chi connectivity index (χ3n) is 3.06. The number of aryl methyl sites for hydroxylation is 1. The number of hydrogen-bond donors (Lipinski definition) is 2. The summed E-state index contributed by atoms with van der Waals surface area (Å²) in [5.74, 6) is -0.243. The average molecular weight is 319 g/mol. The summed E-state index contributed by atoms with van der Waals surface area (Å²) in [7, 11) is 0. The number of carbonyl (C=O) groups excluding carboxylic acids is 1. The maximum absolute atomic E-state index is 12.0. The van der Waals surface area contributed by atoms with E-state index in [9.17, 15) is 4.79 Å². The summed E-state index contributed by atoms with van der Waals surface area (Å²) in [4.78, 5) is 12.0. The molecule has 0 aliphatic rings. The molecule has 0 unspecified atom stereocenters. The molecule has 0 saturated heterocycles. The molecule has 0 heterocycles. The maximum atomic E-state index is 12.0. The molecular formula is C16H15ClN2OS. The van der Waals surface area contributed by atoms with Gasteiger partial charge in [-0.2, -0.15) is 0 Å². The van der Waals surface area contributed by atoms with Gasteiger partial charge in [-0.1, -0.05) is 35.4 Å². The van der Waals surface area contributed by atoms with Gasteiger partial charge in [0.1, 0.15) is 0 Å². The lowest BCUT2D eigenvalue weighted by Gasteiger charge is -2.12. The lowest BCUT2D eigenvalue weighted by molar-refractivity contribution is 0.0978. The van der Waals surface area contributed by atoms with Gasteiger partial charge >= 0.3 is 0 Å². The van der Waals surface area contributed by atoms with E-state index < -0.39 is 0 Å². The Morgan fingerprint density at radius 3 is 2.43 bits per heavy atom. The normalized spacial score (nSPS) is 10.0. The SMILES string of the molecule is Cc1ccc(C(=O)NC(=S)Nc2cccc(Cl)c2C)cc1. The number of hydrogen-bond acceptors (Lipinski definition) is 2. The summed E-state index contributed by atoms with van der Waals surface area (Å²) >= 11 is 11.2. The minimum Gasteiger partial charge on any atom is -0.332 e. The van der Waals surface area contributed by atoms with Crippen molar-refractivity contribution < 1.29 is 4.79 Å². The minimum absolute atomic E-state index is 0.242. The Bertz CT molecular complexity index is 683. The molecule has 108 valence electrons. The number of thiocarbonyl (C=S) groups is 1. The van der Waals surface area contributed by atoms with E-state index in [1.807, 2.05) is 38.1 Å². The molecule has 2 aromatic carbocycles. The van der Waals surface area contributed by atoms with Crippen LogP contribution in [-0.2, 0) is 0 Å². The Labute approximate surface area is 134 Å². The highest BCUT2D eigenvalue weighted by Crippen LogP contribution is 2.22. The van der Waals surface area contributed by atoms with Gasteiger partial charge in [0, 0.05) is 16.3 Å². The zero-order chi connectivity index (χ0) is 15.4. The van der Waals surface area contributed by atoms with E-state index in [0.29, 0.717) is 10.6 Å². The molecule has 2 N–H and O–H groups in total. The van der Waals surface area contributed by atoms with Gasteiger partial charge in [-0.05, 0) is 55.9 Å². The third kappa shape index (κ3) is 4.03. The quantitative estimate of drug-likeness (QED) is 0.820. The Morgan fingerprint density at radius 1 is 1.10 bits per heavy atom. The van der Waals surface area contributed by atoms with Gasteiger partial charge < -0.3 is 5.32 Å². The molecule has 21 heavy (non-hydrogen) atoms. The van der Waals surface area contributed by atoms with Crippen molar-refractivity contribution in [2.75, 3.05) is 5.32 Å². The van der Waals surface area contributed by atoms with Crippen LogP contribution in [0.15, 0.2) is 42.5 Å². The van der Waals surface area contributed by atoms with Crippen LogP contribution >= 0.6 is 23.8 Å². The number of benzene rings is 2. The summed E-state index contributed by atoms with van der Waals surface area (Å²) in [5, 5.41) is 6.51. The minimum atomic E-state index is -0.243. The zero-order valence-electron chi connectivity index (χ0n) is 11.7. The van der Waals surface area contributed by atoms with E-state index in [-0.39, 0.29) is 11.0 Å². The molecule has 0 spiro atoms. The first-order valence-electron chi connectivity index (χ1n) is 6.41. The van der Waals surface area contributed by atoms with Crippen LogP contribution in [0.2, 0.25) is 5.02 Å². The monoisotopic (exact) mass is 318 g/mol. The van der Waals surface area contributed by atoms with Crippen molar-refractivity contribution in [2.24, 2.45) is 0 Å². The molecule has 0 aliphatic heterocycles. The maximum Gasteiger partial charge on any atom is 0.257 e. The average Bonchev–Trinajstić information content (AvgIpc) is 2.44. The van der Waals surface area contributed by atoms with Crippen molar-refractivity contribution in [1.29, 1.82) is 0 Å². The number of carbonyl (C=O) groups is 1. The van der Waals surface area contributed by atoms with Gasteiger partial charge in [-0.15, -0.1) is 0 Å². The van der Waals surface area contributed by atoms with Gasteiger partial charge in [-0.3, -0.25) is 10.1 Å². The number of amides is 1. The Kier molecular flexibility index (Phi) is 4.94. The molecule has 0 saturated carbocycles. The van der Waals surface area contributed by atoms with Crippen molar-refractivity contribution in [1.82, 2.24) is 5.32 Å². The second-order valence-electron chi connectivity index (χ2n) is 4.69. The van der Waals surface area contributed by atoms with E-state index in [1.54, 1.807) is 18.2 Å². The fraction of sp³-hybridized carbons (Fsp3) is 0.125. The summed E-state index contributed by atoms with van der Waals surface area (Å²) in [6, 6.07) is 12.8. The summed E-state index contributed by atoms with van der Waals surface area (Å²) in [6.45, 7) is 3.85. The number of anilines is 1. The lowest BCUT2D eigenvalue weighted by Crippen LogP contribution is -2.34. The molecule has 0 radical (unpaired) electrons. The van der Waals surface area contributed by atoms with Gasteiger partial charge in [0.25, 0.3) is 5.91 Å². The van der Waals surface area contributed by atoms with E-state index in [2.05, 4.69) is 10.6 Å². The number of nitrogens with one attached hydrogen (secondary N) is 2. The molecule has 2 aromatic rings. The first-order valence-corrected chi connectivity index (χ1v) is 7.20. The summed E-state index contributed by atoms with van der Waals surface area (Å²) < 4.78 is 0. The van der Waals surface area contributed by atoms with Crippen LogP contribution in [0.1, 0.15) is 21.5 Å². The van der Waals surface area contributed by atoms with Crippen molar-refractivity contribution in [3.05, 3.63) is 64.2 Å². The second-order valence-corrected chi connectivity index (χ2v) is 5.50. The Morgan fingerprint density at radius 2 is 1.76 bits per heavy atom. The fourth-order valence-electron chi connectivity index (χ4n) is 1.78. The van der Waals surface area contributed by atoms with Crippen LogP contribution in [-0.4, -0.2) is 11.0 Å². The predicted octanol–water partition coefficient (Wildman–Crippen LogP) is 4.08. The zero-order valence-corrected chi connectivity index (χ0v) is 13.3. The van der Waals surface area contributed by atoms with E-state index in [0.717, 1.165) is 16.8 Å². The molecule has 1 amide bonds. The van der Waals surface area contributed by atoms with Gasteiger partial charge in [0.2, 0.25) is 0 Å². The molecule has 5 heteroatoms. The van der Waals surface area contributed by atoms with Crippen LogP contribution in [0, 0.1) is 13.8 Å². The van der Waals surface area contributed by atoms with E-state index >= 15 is 0 Å². The Balaban J connectivity index is 2.03. The molecule has 2 rings (SSSR count). The molecule has 0 atom stereocenters. The molecule has 0 fully saturated rings. The number of halogens is 1. The van der Waals surface area contributed by atoms with Crippen LogP contribution in [0.25, 0.3) is 0 Å².